The van der Waals surface area contributed by atoms with Gasteiger partial charge in [-0.15, -0.1) is 11.8 Å². The molecule has 4 rings (SSSR count). The van der Waals surface area contributed by atoms with Crippen LogP contribution in [0.5, 0.6) is 0 Å². The number of thiophene rings is 1. The molecule has 2 saturated heterocycles. The summed E-state index contributed by atoms with van der Waals surface area (Å²) in [6.07, 6.45) is 3.40. The Bertz CT molecular complexity index is 596. The lowest BCUT2D eigenvalue weighted by atomic mass is 9.92. The van der Waals surface area contributed by atoms with E-state index in [1.54, 1.807) is 11.3 Å². The number of thioether (sulfide) groups is 1. The Labute approximate surface area is 139 Å². The van der Waals surface area contributed by atoms with Crippen molar-refractivity contribution < 1.29 is 4.74 Å². The van der Waals surface area contributed by atoms with Crippen molar-refractivity contribution in [1.82, 2.24) is 9.88 Å². The Hall–Kier alpha value is -0.880. The fraction of sp³-hybridized carbons (Fsp3) is 0.471. The summed E-state index contributed by atoms with van der Waals surface area (Å²) in [6.45, 7) is 4.15. The average molecular weight is 332 g/mol. The van der Waals surface area contributed by atoms with Gasteiger partial charge < -0.3 is 4.74 Å². The minimum absolute atomic E-state index is 0.385. The van der Waals surface area contributed by atoms with Gasteiger partial charge in [0.05, 0.1) is 18.4 Å². The highest BCUT2D eigenvalue weighted by Gasteiger charge is 2.49. The monoisotopic (exact) mass is 332 g/mol. The van der Waals surface area contributed by atoms with E-state index in [0.29, 0.717) is 17.5 Å². The highest BCUT2D eigenvalue weighted by atomic mass is 32.2. The number of nitrogens with zero attached hydrogens (tertiary/aromatic N) is 2. The van der Waals surface area contributed by atoms with Crippen LogP contribution < -0.4 is 0 Å². The smallest absolute Gasteiger partial charge is 0.0892 e. The first-order valence-electron chi connectivity index (χ1n) is 7.70. The number of hydrogen-bond donors (Lipinski definition) is 0. The molecule has 116 valence electrons. The Morgan fingerprint density at radius 1 is 1.32 bits per heavy atom. The van der Waals surface area contributed by atoms with Crippen LogP contribution in [0.25, 0.3) is 0 Å². The zero-order valence-electron chi connectivity index (χ0n) is 12.5. The van der Waals surface area contributed by atoms with Crippen molar-refractivity contribution in [3.05, 3.63) is 52.5 Å². The minimum Gasteiger partial charge on any atom is -0.371 e. The van der Waals surface area contributed by atoms with E-state index in [4.69, 9.17) is 4.74 Å². The molecule has 0 N–H and O–H groups in total. The van der Waals surface area contributed by atoms with Crippen LogP contribution in [-0.2, 0) is 17.9 Å². The second-order valence-electron chi connectivity index (χ2n) is 6.23. The lowest BCUT2D eigenvalue weighted by molar-refractivity contribution is 0.0251. The summed E-state index contributed by atoms with van der Waals surface area (Å²) in [7, 11) is 0. The largest absolute Gasteiger partial charge is 0.371 e. The number of rotatable bonds is 5. The maximum Gasteiger partial charge on any atom is 0.0892 e. The zero-order chi connectivity index (χ0) is 14.8. The van der Waals surface area contributed by atoms with Gasteiger partial charge in [-0.2, -0.15) is 11.3 Å². The Morgan fingerprint density at radius 2 is 2.27 bits per heavy atom. The fourth-order valence-corrected chi connectivity index (χ4v) is 5.60. The molecule has 4 heterocycles. The summed E-state index contributed by atoms with van der Waals surface area (Å²) in [4.78, 5) is 6.88. The van der Waals surface area contributed by atoms with Crippen molar-refractivity contribution in [3.8, 4) is 0 Å². The highest BCUT2D eigenvalue weighted by Crippen LogP contribution is 2.46. The maximum atomic E-state index is 6.06. The van der Waals surface area contributed by atoms with Crippen LogP contribution in [-0.4, -0.2) is 39.6 Å². The highest BCUT2D eigenvalue weighted by molar-refractivity contribution is 8.01. The van der Waals surface area contributed by atoms with E-state index in [2.05, 4.69) is 38.5 Å². The minimum atomic E-state index is 0.385. The molecule has 3 nitrogen and oxygen atoms in total. The van der Waals surface area contributed by atoms with Gasteiger partial charge in [-0.3, -0.25) is 9.88 Å². The summed E-state index contributed by atoms with van der Waals surface area (Å²) in [5.74, 6) is 1.12. The van der Waals surface area contributed by atoms with Gasteiger partial charge in [0.25, 0.3) is 0 Å². The van der Waals surface area contributed by atoms with Crippen LogP contribution in [0.4, 0.5) is 0 Å². The number of aromatic nitrogens is 1. The molecule has 1 atom stereocenters. The SMILES string of the molecule is c1ccc(CO[C@H]2CSC3(C2)CN(Cc2ccsc2)C3)nc1. The Balaban J connectivity index is 1.23. The summed E-state index contributed by atoms with van der Waals surface area (Å²) >= 11 is 3.89. The van der Waals surface area contributed by atoms with Gasteiger partial charge >= 0.3 is 0 Å². The molecule has 1 spiro atoms. The first-order valence-corrected chi connectivity index (χ1v) is 9.63. The lowest BCUT2D eigenvalue weighted by Gasteiger charge is -2.47. The van der Waals surface area contributed by atoms with Gasteiger partial charge in [-0.25, -0.2) is 0 Å². The number of ether oxygens (including phenoxy) is 1. The van der Waals surface area contributed by atoms with Crippen LogP contribution in [0.3, 0.4) is 0 Å². The van der Waals surface area contributed by atoms with Crippen LogP contribution in [0.2, 0.25) is 0 Å². The van der Waals surface area contributed by atoms with E-state index in [-0.39, 0.29) is 0 Å². The number of hydrogen-bond acceptors (Lipinski definition) is 5. The lowest BCUT2D eigenvalue weighted by Crippen LogP contribution is -2.58. The molecule has 5 heteroatoms. The molecule has 0 bridgehead atoms. The van der Waals surface area contributed by atoms with E-state index in [9.17, 15) is 0 Å². The van der Waals surface area contributed by atoms with E-state index in [0.717, 1.165) is 18.0 Å². The molecule has 0 unspecified atom stereocenters. The Morgan fingerprint density at radius 3 is 3.05 bits per heavy atom. The first-order chi connectivity index (χ1) is 10.8. The molecule has 0 radical (unpaired) electrons. The molecule has 0 aromatic carbocycles. The number of pyridine rings is 1. The fourth-order valence-electron chi connectivity index (χ4n) is 3.34. The van der Waals surface area contributed by atoms with Crippen molar-refractivity contribution in [3.63, 3.8) is 0 Å². The predicted molar refractivity (Wildman–Crippen MR) is 92.2 cm³/mol. The van der Waals surface area contributed by atoms with Gasteiger partial charge in [0, 0.05) is 36.3 Å². The average Bonchev–Trinajstić information content (AvgIpc) is 3.16. The first kappa shape index (κ1) is 14.7. The molecule has 0 saturated carbocycles. The summed E-state index contributed by atoms with van der Waals surface area (Å²) < 4.78 is 6.51. The van der Waals surface area contributed by atoms with E-state index < -0.39 is 0 Å². The standard InChI is InChI=1S/C17H20N2OS2/c1-2-5-18-15(3-1)9-20-16-7-17(22-11-16)12-19(13-17)8-14-4-6-21-10-14/h1-6,10,16H,7-9,11-13H2/t16-/m1/s1. The van der Waals surface area contributed by atoms with Crippen molar-refractivity contribution in [2.75, 3.05) is 18.8 Å². The van der Waals surface area contributed by atoms with Crippen molar-refractivity contribution in [2.24, 2.45) is 0 Å². The van der Waals surface area contributed by atoms with Gasteiger partial charge in [-0.05, 0) is 40.9 Å². The third-order valence-corrected chi connectivity index (χ3v) is 6.69. The molecule has 22 heavy (non-hydrogen) atoms. The predicted octanol–water partition coefficient (Wildman–Crippen LogP) is 3.42. The molecule has 2 aromatic rings. The molecule has 2 aromatic heterocycles. The molecule has 2 aliphatic rings. The van der Waals surface area contributed by atoms with Crippen LogP contribution in [0, 0.1) is 0 Å². The molecule has 2 fully saturated rings. The van der Waals surface area contributed by atoms with E-state index in [1.165, 1.54) is 25.1 Å². The molecular weight excluding hydrogens is 312 g/mol. The third-order valence-electron chi connectivity index (χ3n) is 4.38. The number of likely N-dealkylation sites (tertiary alicyclic amines) is 1. The van der Waals surface area contributed by atoms with E-state index >= 15 is 0 Å². The van der Waals surface area contributed by atoms with E-state index in [1.807, 2.05) is 24.4 Å². The van der Waals surface area contributed by atoms with Crippen LogP contribution in [0.15, 0.2) is 41.2 Å². The van der Waals surface area contributed by atoms with Gasteiger partial charge in [0.15, 0.2) is 0 Å². The Kier molecular flexibility index (Phi) is 4.22. The van der Waals surface area contributed by atoms with Crippen molar-refractivity contribution in [1.29, 1.82) is 0 Å². The quantitative estimate of drug-likeness (QED) is 0.838. The van der Waals surface area contributed by atoms with Crippen LogP contribution >= 0.6 is 23.1 Å². The summed E-state index contributed by atoms with van der Waals surface area (Å²) in [5, 5.41) is 4.42. The second-order valence-corrected chi connectivity index (χ2v) is 8.50. The summed E-state index contributed by atoms with van der Waals surface area (Å²) in [6, 6.07) is 8.23. The third kappa shape index (κ3) is 3.23. The van der Waals surface area contributed by atoms with Gasteiger partial charge in [0.2, 0.25) is 0 Å². The topological polar surface area (TPSA) is 25.4 Å². The molecule has 0 aliphatic carbocycles. The maximum absolute atomic E-state index is 6.06. The van der Waals surface area contributed by atoms with Gasteiger partial charge in [0.1, 0.15) is 0 Å². The molecule has 0 amide bonds. The summed E-state index contributed by atoms with van der Waals surface area (Å²) in [5.41, 5.74) is 2.48. The second kappa shape index (κ2) is 6.32. The van der Waals surface area contributed by atoms with Crippen molar-refractivity contribution in [2.45, 2.75) is 30.4 Å². The zero-order valence-corrected chi connectivity index (χ0v) is 14.1. The molecule has 2 aliphatic heterocycles. The van der Waals surface area contributed by atoms with Crippen LogP contribution in [0.1, 0.15) is 17.7 Å². The molecular formula is C17H20N2OS2. The van der Waals surface area contributed by atoms with Gasteiger partial charge in [-0.1, -0.05) is 6.07 Å². The normalized spacial score (nSPS) is 23.7. The van der Waals surface area contributed by atoms with Crippen molar-refractivity contribution >= 4 is 23.1 Å².